The van der Waals surface area contributed by atoms with Crippen LogP contribution in [-0.4, -0.2) is 31.8 Å². The van der Waals surface area contributed by atoms with Crippen LogP contribution in [-0.2, 0) is 16.1 Å². The van der Waals surface area contributed by atoms with Gasteiger partial charge in [-0.1, -0.05) is 11.8 Å². The summed E-state index contributed by atoms with van der Waals surface area (Å²) in [5.74, 6) is 5.23. The minimum Gasteiger partial charge on any atom is -0.372 e. The Labute approximate surface area is 124 Å². The molecule has 1 heterocycles. The molecule has 4 nitrogen and oxygen atoms in total. The molecule has 0 radical (unpaired) electrons. The SMILES string of the molecule is NCC#Cc1ccsc1CNC(=O)CCOCC(F)(F)F. The van der Waals surface area contributed by atoms with Gasteiger partial charge in [0.15, 0.2) is 0 Å². The zero-order chi connectivity index (χ0) is 15.7. The Morgan fingerprint density at radius 3 is 2.90 bits per heavy atom. The van der Waals surface area contributed by atoms with Crippen molar-refractivity contribution in [2.24, 2.45) is 5.73 Å². The molecule has 0 spiro atoms. The monoisotopic (exact) mass is 320 g/mol. The van der Waals surface area contributed by atoms with Gasteiger partial charge in [0.2, 0.25) is 5.91 Å². The van der Waals surface area contributed by atoms with Gasteiger partial charge in [0.05, 0.1) is 19.7 Å². The molecular formula is C13H15F3N2O2S. The lowest BCUT2D eigenvalue weighted by Gasteiger charge is -2.07. The maximum atomic E-state index is 11.8. The lowest BCUT2D eigenvalue weighted by molar-refractivity contribution is -0.174. The van der Waals surface area contributed by atoms with E-state index < -0.39 is 12.8 Å². The van der Waals surface area contributed by atoms with Crippen molar-refractivity contribution in [1.82, 2.24) is 5.32 Å². The van der Waals surface area contributed by atoms with Crippen LogP contribution >= 0.6 is 11.3 Å². The Morgan fingerprint density at radius 2 is 2.24 bits per heavy atom. The van der Waals surface area contributed by atoms with E-state index in [0.29, 0.717) is 0 Å². The molecule has 0 unspecified atom stereocenters. The van der Waals surface area contributed by atoms with Crippen LogP contribution in [0.2, 0.25) is 0 Å². The van der Waals surface area contributed by atoms with E-state index >= 15 is 0 Å². The van der Waals surface area contributed by atoms with Gasteiger partial charge < -0.3 is 15.8 Å². The van der Waals surface area contributed by atoms with Crippen LogP contribution < -0.4 is 11.1 Å². The molecule has 1 rings (SSSR count). The number of nitrogens with two attached hydrogens (primary N) is 1. The summed E-state index contributed by atoms with van der Waals surface area (Å²) in [4.78, 5) is 12.3. The highest BCUT2D eigenvalue weighted by Gasteiger charge is 2.27. The van der Waals surface area contributed by atoms with Crippen molar-refractivity contribution in [3.63, 3.8) is 0 Å². The van der Waals surface area contributed by atoms with Crippen LogP contribution in [0.25, 0.3) is 0 Å². The Hall–Kier alpha value is -1.56. The molecule has 21 heavy (non-hydrogen) atoms. The third-order valence-corrected chi connectivity index (χ3v) is 3.18. The first kappa shape index (κ1) is 17.5. The first-order valence-corrected chi connectivity index (χ1v) is 6.97. The fraction of sp³-hybridized carbons (Fsp3) is 0.462. The molecule has 3 N–H and O–H groups in total. The third-order valence-electron chi connectivity index (χ3n) is 2.26. The van der Waals surface area contributed by atoms with E-state index in [1.807, 2.05) is 11.4 Å². The Kier molecular flexibility index (Phi) is 7.22. The molecule has 1 aromatic rings. The van der Waals surface area contributed by atoms with E-state index in [4.69, 9.17) is 5.73 Å². The van der Waals surface area contributed by atoms with E-state index in [1.165, 1.54) is 11.3 Å². The van der Waals surface area contributed by atoms with Gasteiger partial charge in [0, 0.05) is 16.9 Å². The normalized spacial score (nSPS) is 10.9. The van der Waals surface area contributed by atoms with E-state index in [1.54, 1.807) is 0 Å². The highest BCUT2D eigenvalue weighted by atomic mass is 32.1. The lowest BCUT2D eigenvalue weighted by Crippen LogP contribution is -2.25. The molecule has 0 aliphatic heterocycles. The number of alkyl halides is 3. The summed E-state index contributed by atoms with van der Waals surface area (Å²) >= 11 is 1.44. The number of rotatable bonds is 6. The van der Waals surface area contributed by atoms with E-state index in [-0.39, 0.29) is 32.0 Å². The van der Waals surface area contributed by atoms with Crippen molar-refractivity contribution < 1.29 is 22.7 Å². The number of thiophene rings is 1. The third kappa shape index (κ3) is 7.70. The molecule has 8 heteroatoms. The molecule has 0 saturated carbocycles. The second-order valence-corrected chi connectivity index (χ2v) is 4.96. The number of amides is 1. The Morgan fingerprint density at radius 1 is 1.48 bits per heavy atom. The summed E-state index contributed by atoms with van der Waals surface area (Å²) in [6.45, 7) is -1.08. The van der Waals surface area contributed by atoms with Gasteiger partial charge in [-0.05, 0) is 11.4 Å². The predicted molar refractivity (Wildman–Crippen MR) is 73.6 cm³/mol. The van der Waals surface area contributed by atoms with Gasteiger partial charge in [0.1, 0.15) is 6.61 Å². The molecule has 0 saturated heterocycles. The zero-order valence-corrected chi connectivity index (χ0v) is 11.9. The average Bonchev–Trinajstić information content (AvgIpc) is 2.85. The van der Waals surface area contributed by atoms with Gasteiger partial charge in [-0.15, -0.1) is 11.3 Å². The number of carbonyl (C=O) groups is 1. The minimum absolute atomic E-state index is 0.120. The largest absolute Gasteiger partial charge is 0.411 e. The number of carbonyl (C=O) groups excluding carboxylic acids is 1. The summed E-state index contributed by atoms with van der Waals surface area (Å²) in [5, 5.41) is 4.45. The first-order chi connectivity index (χ1) is 9.92. The van der Waals surface area contributed by atoms with Crippen molar-refractivity contribution in [3.8, 4) is 11.8 Å². The van der Waals surface area contributed by atoms with Crippen LogP contribution in [0.5, 0.6) is 0 Å². The summed E-state index contributed by atoms with van der Waals surface area (Å²) in [6, 6.07) is 1.82. The molecule has 0 atom stereocenters. The first-order valence-electron chi connectivity index (χ1n) is 6.09. The van der Waals surface area contributed by atoms with Gasteiger partial charge in [0.25, 0.3) is 0 Å². The summed E-state index contributed by atoms with van der Waals surface area (Å²) < 4.78 is 39.8. The fourth-order valence-electron chi connectivity index (χ4n) is 1.36. The molecule has 0 fully saturated rings. The second kappa shape index (κ2) is 8.67. The average molecular weight is 320 g/mol. The maximum Gasteiger partial charge on any atom is 0.411 e. The van der Waals surface area contributed by atoms with Crippen molar-refractivity contribution in [3.05, 3.63) is 21.9 Å². The van der Waals surface area contributed by atoms with Crippen molar-refractivity contribution in [2.75, 3.05) is 19.8 Å². The van der Waals surface area contributed by atoms with Gasteiger partial charge in [-0.3, -0.25) is 4.79 Å². The number of halogens is 3. The summed E-state index contributed by atoms with van der Waals surface area (Å²) in [7, 11) is 0. The van der Waals surface area contributed by atoms with Crippen molar-refractivity contribution in [2.45, 2.75) is 19.1 Å². The molecule has 116 valence electrons. The van der Waals surface area contributed by atoms with Crippen LogP contribution in [0.1, 0.15) is 16.9 Å². The number of ether oxygens (including phenoxy) is 1. The van der Waals surface area contributed by atoms with Crippen LogP contribution in [0, 0.1) is 11.8 Å². The molecule has 0 bridgehead atoms. The minimum atomic E-state index is -4.37. The summed E-state index contributed by atoms with van der Waals surface area (Å²) in [5.41, 5.74) is 6.07. The smallest absolute Gasteiger partial charge is 0.372 e. The molecular weight excluding hydrogens is 305 g/mol. The number of nitrogens with one attached hydrogen (secondary N) is 1. The quantitative estimate of drug-likeness (QED) is 0.619. The number of hydrogen-bond donors (Lipinski definition) is 2. The molecule has 1 amide bonds. The summed E-state index contributed by atoms with van der Waals surface area (Å²) in [6.07, 6.45) is -4.49. The van der Waals surface area contributed by atoms with E-state index in [0.717, 1.165) is 10.4 Å². The fourth-order valence-corrected chi connectivity index (χ4v) is 2.13. The lowest BCUT2D eigenvalue weighted by atomic mass is 10.2. The Balaban J connectivity index is 2.29. The predicted octanol–water partition coefficient (Wildman–Crippen LogP) is 1.64. The second-order valence-electron chi connectivity index (χ2n) is 3.96. The molecule has 0 aliphatic rings. The topological polar surface area (TPSA) is 64.3 Å². The number of hydrogen-bond acceptors (Lipinski definition) is 4. The van der Waals surface area contributed by atoms with E-state index in [9.17, 15) is 18.0 Å². The van der Waals surface area contributed by atoms with Crippen LogP contribution in [0.15, 0.2) is 11.4 Å². The standard InChI is InChI=1S/C13H15F3N2O2S/c14-13(15,16)9-20-6-3-12(19)18-8-11-10(2-1-5-17)4-7-21-11/h4,7H,3,5-6,8-9,17H2,(H,18,19). The van der Waals surface area contributed by atoms with Crippen LogP contribution in [0.4, 0.5) is 13.2 Å². The Bertz CT molecular complexity index is 517. The molecule has 1 aromatic heterocycles. The van der Waals surface area contributed by atoms with Crippen molar-refractivity contribution in [1.29, 1.82) is 0 Å². The van der Waals surface area contributed by atoms with Gasteiger partial charge in [-0.2, -0.15) is 13.2 Å². The maximum absolute atomic E-state index is 11.8. The molecule has 0 aliphatic carbocycles. The highest BCUT2D eigenvalue weighted by Crippen LogP contribution is 2.16. The van der Waals surface area contributed by atoms with Gasteiger partial charge in [-0.25, -0.2) is 0 Å². The van der Waals surface area contributed by atoms with E-state index in [2.05, 4.69) is 21.9 Å². The highest BCUT2D eigenvalue weighted by molar-refractivity contribution is 7.10. The zero-order valence-electron chi connectivity index (χ0n) is 11.1. The van der Waals surface area contributed by atoms with Crippen LogP contribution in [0.3, 0.4) is 0 Å². The molecule has 0 aromatic carbocycles. The van der Waals surface area contributed by atoms with Gasteiger partial charge >= 0.3 is 6.18 Å². The van der Waals surface area contributed by atoms with Crippen molar-refractivity contribution >= 4 is 17.2 Å².